The SMILES string of the molecule is CNC(c1cccc2ccccc12)C(C)(C)N(C)C. The summed E-state index contributed by atoms with van der Waals surface area (Å²) in [6.45, 7) is 4.55. The van der Waals surface area contributed by atoms with Gasteiger partial charge in [-0.15, -0.1) is 0 Å². The highest BCUT2D eigenvalue weighted by molar-refractivity contribution is 5.86. The zero-order chi connectivity index (χ0) is 14.0. The monoisotopic (exact) mass is 256 g/mol. The molecule has 1 N–H and O–H groups in total. The van der Waals surface area contributed by atoms with Crippen molar-refractivity contribution < 1.29 is 0 Å². The molecule has 0 fully saturated rings. The fourth-order valence-corrected chi connectivity index (χ4v) is 2.65. The van der Waals surface area contributed by atoms with Crippen LogP contribution >= 0.6 is 0 Å². The third kappa shape index (κ3) is 2.51. The summed E-state index contributed by atoms with van der Waals surface area (Å²) in [5, 5.41) is 6.12. The van der Waals surface area contributed by atoms with Crippen molar-refractivity contribution in [2.45, 2.75) is 25.4 Å². The maximum atomic E-state index is 3.49. The molecule has 0 aliphatic heterocycles. The lowest BCUT2D eigenvalue weighted by Gasteiger charge is -2.40. The number of hydrogen-bond donors (Lipinski definition) is 1. The molecule has 19 heavy (non-hydrogen) atoms. The van der Waals surface area contributed by atoms with Crippen LogP contribution in [0.3, 0.4) is 0 Å². The van der Waals surface area contributed by atoms with Gasteiger partial charge in [0.1, 0.15) is 0 Å². The lowest BCUT2D eigenvalue weighted by atomic mass is 9.85. The molecule has 0 aliphatic carbocycles. The summed E-state index contributed by atoms with van der Waals surface area (Å²) in [7, 11) is 6.31. The van der Waals surface area contributed by atoms with E-state index in [-0.39, 0.29) is 11.6 Å². The predicted octanol–water partition coefficient (Wildman–Crippen LogP) is 3.44. The molecule has 2 heteroatoms. The van der Waals surface area contributed by atoms with Gasteiger partial charge in [-0.1, -0.05) is 42.5 Å². The number of rotatable bonds is 4. The minimum absolute atomic E-state index is 0.0406. The zero-order valence-electron chi connectivity index (χ0n) is 12.6. The van der Waals surface area contributed by atoms with Gasteiger partial charge < -0.3 is 10.2 Å². The summed E-state index contributed by atoms with van der Waals surface area (Å²) in [6.07, 6.45) is 0. The Balaban J connectivity index is 2.59. The van der Waals surface area contributed by atoms with E-state index in [0.717, 1.165) is 0 Å². The smallest absolute Gasteiger partial charge is 0.0505 e. The van der Waals surface area contributed by atoms with Crippen molar-refractivity contribution in [1.82, 2.24) is 10.2 Å². The highest BCUT2D eigenvalue weighted by Crippen LogP contribution is 2.33. The molecule has 0 saturated heterocycles. The Labute approximate surface area is 116 Å². The van der Waals surface area contributed by atoms with Gasteiger partial charge in [0.2, 0.25) is 0 Å². The Bertz CT molecular complexity index is 553. The molecule has 0 amide bonds. The Morgan fingerprint density at radius 2 is 1.63 bits per heavy atom. The summed E-state index contributed by atoms with van der Waals surface area (Å²) < 4.78 is 0. The van der Waals surface area contributed by atoms with Crippen molar-refractivity contribution >= 4 is 10.8 Å². The standard InChI is InChI=1S/C17H24N2/c1-17(2,19(4)5)16(18-3)15-12-8-10-13-9-6-7-11-14(13)15/h6-12,16,18H,1-5H3. The van der Waals surface area contributed by atoms with Gasteiger partial charge in [0.25, 0.3) is 0 Å². The first-order valence-corrected chi connectivity index (χ1v) is 6.81. The van der Waals surface area contributed by atoms with Crippen LogP contribution in [-0.4, -0.2) is 31.6 Å². The molecular weight excluding hydrogens is 232 g/mol. The third-order valence-electron chi connectivity index (χ3n) is 4.28. The van der Waals surface area contributed by atoms with Crippen LogP contribution in [0.2, 0.25) is 0 Å². The van der Waals surface area contributed by atoms with Crippen LogP contribution in [0.25, 0.3) is 10.8 Å². The quantitative estimate of drug-likeness (QED) is 0.901. The zero-order valence-corrected chi connectivity index (χ0v) is 12.6. The summed E-state index contributed by atoms with van der Waals surface area (Å²) in [5.74, 6) is 0. The normalized spacial score (nSPS) is 14.0. The molecule has 0 radical (unpaired) electrons. The molecule has 0 spiro atoms. The van der Waals surface area contributed by atoms with Crippen LogP contribution in [0.4, 0.5) is 0 Å². The summed E-state index contributed by atoms with van der Waals surface area (Å²) in [5.41, 5.74) is 1.40. The minimum atomic E-state index is 0.0406. The maximum Gasteiger partial charge on any atom is 0.0505 e. The van der Waals surface area contributed by atoms with E-state index in [2.05, 4.69) is 80.6 Å². The number of likely N-dealkylation sites (N-methyl/N-ethyl adjacent to an activating group) is 2. The topological polar surface area (TPSA) is 15.3 Å². The molecule has 0 heterocycles. The van der Waals surface area contributed by atoms with Gasteiger partial charge in [-0.05, 0) is 51.3 Å². The molecule has 1 unspecified atom stereocenters. The lowest BCUT2D eigenvalue weighted by Crippen LogP contribution is -2.48. The first-order chi connectivity index (χ1) is 8.98. The lowest BCUT2D eigenvalue weighted by molar-refractivity contribution is 0.143. The van der Waals surface area contributed by atoms with Crippen LogP contribution in [0.5, 0.6) is 0 Å². The van der Waals surface area contributed by atoms with Gasteiger partial charge >= 0.3 is 0 Å². The Morgan fingerprint density at radius 1 is 1.00 bits per heavy atom. The molecule has 0 bridgehead atoms. The van der Waals surface area contributed by atoms with Crippen molar-refractivity contribution in [2.24, 2.45) is 0 Å². The second kappa shape index (κ2) is 5.32. The van der Waals surface area contributed by atoms with Crippen molar-refractivity contribution in [3.8, 4) is 0 Å². The first-order valence-electron chi connectivity index (χ1n) is 6.81. The molecule has 102 valence electrons. The van der Waals surface area contributed by atoms with E-state index in [9.17, 15) is 0 Å². The second-order valence-corrected chi connectivity index (χ2v) is 5.84. The molecule has 2 aromatic carbocycles. The number of nitrogens with one attached hydrogen (secondary N) is 1. The van der Waals surface area contributed by atoms with E-state index in [1.165, 1.54) is 16.3 Å². The van der Waals surface area contributed by atoms with Gasteiger partial charge in [-0.25, -0.2) is 0 Å². The fourth-order valence-electron chi connectivity index (χ4n) is 2.65. The maximum absolute atomic E-state index is 3.49. The van der Waals surface area contributed by atoms with Gasteiger partial charge in [0.05, 0.1) is 6.04 Å². The number of fused-ring (bicyclic) bond motifs is 1. The van der Waals surface area contributed by atoms with E-state index >= 15 is 0 Å². The van der Waals surface area contributed by atoms with E-state index in [4.69, 9.17) is 0 Å². The van der Waals surface area contributed by atoms with Crippen LogP contribution < -0.4 is 5.32 Å². The fraction of sp³-hybridized carbons (Fsp3) is 0.412. The van der Waals surface area contributed by atoms with Gasteiger partial charge in [0.15, 0.2) is 0 Å². The van der Waals surface area contributed by atoms with Crippen LogP contribution in [-0.2, 0) is 0 Å². The van der Waals surface area contributed by atoms with Crippen molar-refractivity contribution in [2.75, 3.05) is 21.1 Å². The Morgan fingerprint density at radius 3 is 2.26 bits per heavy atom. The third-order valence-corrected chi connectivity index (χ3v) is 4.28. The van der Waals surface area contributed by atoms with Crippen molar-refractivity contribution in [1.29, 1.82) is 0 Å². The largest absolute Gasteiger partial charge is 0.311 e. The van der Waals surface area contributed by atoms with Crippen LogP contribution in [0, 0.1) is 0 Å². The van der Waals surface area contributed by atoms with E-state index < -0.39 is 0 Å². The first kappa shape index (κ1) is 14.0. The molecule has 2 nitrogen and oxygen atoms in total. The van der Waals surface area contributed by atoms with Gasteiger partial charge in [-0.2, -0.15) is 0 Å². The average Bonchev–Trinajstić information content (AvgIpc) is 2.39. The van der Waals surface area contributed by atoms with Crippen LogP contribution in [0.1, 0.15) is 25.5 Å². The molecule has 1 atom stereocenters. The molecule has 2 rings (SSSR count). The average molecular weight is 256 g/mol. The van der Waals surface area contributed by atoms with Crippen molar-refractivity contribution in [3.63, 3.8) is 0 Å². The summed E-state index contributed by atoms with van der Waals surface area (Å²) >= 11 is 0. The van der Waals surface area contributed by atoms with E-state index in [1.807, 2.05) is 7.05 Å². The Kier molecular flexibility index (Phi) is 3.93. The van der Waals surface area contributed by atoms with Crippen molar-refractivity contribution in [3.05, 3.63) is 48.0 Å². The Hall–Kier alpha value is -1.38. The summed E-state index contributed by atoms with van der Waals surface area (Å²) in [6, 6.07) is 15.4. The molecule has 2 aromatic rings. The highest BCUT2D eigenvalue weighted by atomic mass is 15.2. The molecule has 0 saturated carbocycles. The molecule has 0 aliphatic rings. The predicted molar refractivity (Wildman–Crippen MR) is 83.5 cm³/mol. The van der Waals surface area contributed by atoms with Gasteiger partial charge in [-0.3, -0.25) is 0 Å². The second-order valence-electron chi connectivity index (χ2n) is 5.84. The molecule has 0 aromatic heterocycles. The van der Waals surface area contributed by atoms with E-state index in [1.54, 1.807) is 0 Å². The number of nitrogens with zero attached hydrogens (tertiary/aromatic N) is 1. The molecular formula is C17H24N2. The number of hydrogen-bond acceptors (Lipinski definition) is 2. The van der Waals surface area contributed by atoms with E-state index in [0.29, 0.717) is 0 Å². The van der Waals surface area contributed by atoms with Gasteiger partial charge in [0, 0.05) is 5.54 Å². The summed E-state index contributed by atoms with van der Waals surface area (Å²) in [4.78, 5) is 2.27. The highest BCUT2D eigenvalue weighted by Gasteiger charge is 2.32. The van der Waals surface area contributed by atoms with Crippen LogP contribution in [0.15, 0.2) is 42.5 Å². The minimum Gasteiger partial charge on any atom is -0.311 e. The number of benzene rings is 2.